The molecule has 0 fully saturated rings. The Morgan fingerprint density at radius 1 is 1.00 bits per heavy atom. The van der Waals surface area contributed by atoms with Crippen molar-refractivity contribution >= 4 is 22.9 Å². The Labute approximate surface area is 128 Å². The number of amides is 1. The molecule has 0 spiro atoms. The van der Waals surface area contributed by atoms with E-state index in [0.717, 1.165) is 16.8 Å². The SMILES string of the molecule is Cc1cccc(NC(=O)c2cccc(-c3cccs3)c2)c1. The Bertz CT molecular complexity index is 762. The maximum atomic E-state index is 12.3. The first-order valence-corrected chi connectivity index (χ1v) is 7.62. The Kier molecular flexibility index (Phi) is 3.84. The van der Waals surface area contributed by atoms with E-state index in [0.29, 0.717) is 5.56 Å². The molecule has 1 N–H and O–H groups in total. The third kappa shape index (κ3) is 3.20. The molecule has 0 saturated heterocycles. The van der Waals surface area contributed by atoms with Gasteiger partial charge in [0.25, 0.3) is 5.91 Å². The van der Waals surface area contributed by atoms with Gasteiger partial charge in [-0.2, -0.15) is 0 Å². The summed E-state index contributed by atoms with van der Waals surface area (Å²) >= 11 is 1.67. The zero-order valence-electron chi connectivity index (χ0n) is 11.7. The number of carbonyl (C=O) groups is 1. The van der Waals surface area contributed by atoms with Crippen LogP contribution in [0.5, 0.6) is 0 Å². The highest BCUT2D eigenvalue weighted by atomic mass is 32.1. The molecule has 0 saturated carbocycles. The number of thiophene rings is 1. The van der Waals surface area contributed by atoms with Crippen LogP contribution in [0.2, 0.25) is 0 Å². The normalized spacial score (nSPS) is 10.3. The van der Waals surface area contributed by atoms with E-state index >= 15 is 0 Å². The molecule has 0 aliphatic carbocycles. The van der Waals surface area contributed by atoms with E-state index in [9.17, 15) is 4.79 Å². The van der Waals surface area contributed by atoms with Crippen LogP contribution in [0.4, 0.5) is 5.69 Å². The van der Waals surface area contributed by atoms with Gasteiger partial charge in [0, 0.05) is 16.1 Å². The Morgan fingerprint density at radius 3 is 2.62 bits per heavy atom. The number of anilines is 1. The van der Waals surface area contributed by atoms with Gasteiger partial charge in [0.1, 0.15) is 0 Å². The van der Waals surface area contributed by atoms with Crippen LogP contribution < -0.4 is 5.32 Å². The van der Waals surface area contributed by atoms with Crippen molar-refractivity contribution < 1.29 is 4.79 Å². The molecule has 21 heavy (non-hydrogen) atoms. The van der Waals surface area contributed by atoms with Crippen molar-refractivity contribution in [3.05, 3.63) is 77.2 Å². The van der Waals surface area contributed by atoms with E-state index in [1.54, 1.807) is 11.3 Å². The lowest BCUT2D eigenvalue weighted by atomic mass is 10.1. The number of nitrogens with one attached hydrogen (secondary N) is 1. The van der Waals surface area contributed by atoms with Crippen LogP contribution in [0, 0.1) is 6.92 Å². The second-order valence-electron chi connectivity index (χ2n) is 4.88. The standard InChI is InChI=1S/C18H15NOS/c1-13-5-2-8-16(11-13)19-18(20)15-7-3-6-14(12-15)17-9-4-10-21-17/h2-12H,1H3,(H,19,20). The maximum Gasteiger partial charge on any atom is 0.255 e. The van der Waals surface area contributed by atoms with Crippen LogP contribution in [0.25, 0.3) is 10.4 Å². The van der Waals surface area contributed by atoms with Gasteiger partial charge in [-0.3, -0.25) is 4.79 Å². The van der Waals surface area contributed by atoms with Gasteiger partial charge in [0.2, 0.25) is 0 Å². The van der Waals surface area contributed by atoms with E-state index in [2.05, 4.69) is 11.4 Å². The summed E-state index contributed by atoms with van der Waals surface area (Å²) in [6, 6.07) is 19.6. The highest BCUT2D eigenvalue weighted by molar-refractivity contribution is 7.13. The largest absolute Gasteiger partial charge is 0.322 e. The molecule has 0 bridgehead atoms. The lowest BCUT2D eigenvalue weighted by molar-refractivity contribution is 0.102. The van der Waals surface area contributed by atoms with Crippen LogP contribution >= 0.6 is 11.3 Å². The summed E-state index contributed by atoms with van der Waals surface area (Å²) in [5, 5.41) is 4.97. The number of hydrogen-bond acceptors (Lipinski definition) is 2. The predicted molar refractivity (Wildman–Crippen MR) is 88.9 cm³/mol. The van der Waals surface area contributed by atoms with Crippen molar-refractivity contribution in [1.29, 1.82) is 0 Å². The molecule has 0 unspecified atom stereocenters. The van der Waals surface area contributed by atoms with E-state index in [1.165, 1.54) is 4.88 Å². The highest BCUT2D eigenvalue weighted by Crippen LogP contribution is 2.25. The second-order valence-corrected chi connectivity index (χ2v) is 5.83. The topological polar surface area (TPSA) is 29.1 Å². The van der Waals surface area contributed by atoms with Gasteiger partial charge in [-0.05, 0) is 53.8 Å². The molecular weight excluding hydrogens is 278 g/mol. The molecule has 0 radical (unpaired) electrons. The monoisotopic (exact) mass is 293 g/mol. The van der Waals surface area contributed by atoms with Crippen LogP contribution in [0.1, 0.15) is 15.9 Å². The van der Waals surface area contributed by atoms with Crippen molar-refractivity contribution in [2.24, 2.45) is 0 Å². The minimum Gasteiger partial charge on any atom is -0.322 e. The minimum atomic E-state index is -0.0843. The van der Waals surface area contributed by atoms with Gasteiger partial charge >= 0.3 is 0 Å². The van der Waals surface area contributed by atoms with Crippen LogP contribution in [0.3, 0.4) is 0 Å². The molecule has 3 heteroatoms. The minimum absolute atomic E-state index is 0.0843. The number of benzene rings is 2. The van der Waals surface area contributed by atoms with Gasteiger partial charge in [0.05, 0.1) is 0 Å². The average Bonchev–Trinajstić information content (AvgIpc) is 3.02. The molecule has 1 heterocycles. The Balaban J connectivity index is 1.83. The average molecular weight is 293 g/mol. The van der Waals surface area contributed by atoms with E-state index in [4.69, 9.17) is 0 Å². The summed E-state index contributed by atoms with van der Waals surface area (Å²) in [4.78, 5) is 13.5. The molecule has 3 rings (SSSR count). The Morgan fingerprint density at radius 2 is 1.86 bits per heavy atom. The summed E-state index contributed by atoms with van der Waals surface area (Å²) in [5.41, 5.74) is 3.69. The zero-order chi connectivity index (χ0) is 14.7. The lowest BCUT2D eigenvalue weighted by Gasteiger charge is -2.07. The van der Waals surface area contributed by atoms with Crippen LogP contribution in [0.15, 0.2) is 66.0 Å². The summed E-state index contributed by atoms with van der Waals surface area (Å²) in [6.07, 6.45) is 0. The second kappa shape index (κ2) is 5.94. The quantitative estimate of drug-likeness (QED) is 0.725. The summed E-state index contributed by atoms with van der Waals surface area (Å²) < 4.78 is 0. The van der Waals surface area contributed by atoms with Crippen molar-refractivity contribution in [2.45, 2.75) is 6.92 Å². The number of hydrogen-bond donors (Lipinski definition) is 1. The zero-order valence-corrected chi connectivity index (χ0v) is 12.5. The van der Waals surface area contributed by atoms with Gasteiger partial charge in [-0.1, -0.05) is 30.3 Å². The molecule has 3 aromatic rings. The van der Waals surface area contributed by atoms with Crippen molar-refractivity contribution in [2.75, 3.05) is 5.32 Å². The van der Waals surface area contributed by atoms with E-state index in [1.807, 2.05) is 66.9 Å². The van der Waals surface area contributed by atoms with Crippen molar-refractivity contribution in [1.82, 2.24) is 0 Å². The summed E-state index contributed by atoms with van der Waals surface area (Å²) in [5.74, 6) is -0.0843. The molecular formula is C18H15NOS. The highest BCUT2D eigenvalue weighted by Gasteiger charge is 2.08. The first-order valence-electron chi connectivity index (χ1n) is 6.74. The summed E-state index contributed by atoms with van der Waals surface area (Å²) in [7, 11) is 0. The van der Waals surface area contributed by atoms with Crippen LogP contribution in [-0.2, 0) is 0 Å². The van der Waals surface area contributed by atoms with Gasteiger partial charge < -0.3 is 5.32 Å². The van der Waals surface area contributed by atoms with Gasteiger partial charge in [-0.25, -0.2) is 0 Å². The molecule has 1 aromatic heterocycles. The first kappa shape index (κ1) is 13.6. The number of aryl methyl sites for hydroxylation is 1. The van der Waals surface area contributed by atoms with Crippen LogP contribution in [-0.4, -0.2) is 5.91 Å². The van der Waals surface area contributed by atoms with Gasteiger partial charge in [-0.15, -0.1) is 11.3 Å². The molecule has 0 aliphatic heterocycles. The van der Waals surface area contributed by atoms with Gasteiger partial charge in [0.15, 0.2) is 0 Å². The third-order valence-electron chi connectivity index (χ3n) is 3.21. The van der Waals surface area contributed by atoms with Crippen molar-refractivity contribution in [3.63, 3.8) is 0 Å². The smallest absolute Gasteiger partial charge is 0.255 e. The molecule has 1 amide bonds. The molecule has 104 valence electrons. The Hall–Kier alpha value is -2.39. The first-order chi connectivity index (χ1) is 10.2. The fourth-order valence-corrected chi connectivity index (χ4v) is 2.91. The van der Waals surface area contributed by atoms with Crippen molar-refractivity contribution in [3.8, 4) is 10.4 Å². The van der Waals surface area contributed by atoms with E-state index < -0.39 is 0 Å². The fourth-order valence-electron chi connectivity index (χ4n) is 2.18. The number of rotatable bonds is 3. The number of carbonyl (C=O) groups excluding carboxylic acids is 1. The fraction of sp³-hybridized carbons (Fsp3) is 0.0556. The third-order valence-corrected chi connectivity index (χ3v) is 4.13. The molecule has 2 aromatic carbocycles. The molecule has 2 nitrogen and oxygen atoms in total. The molecule has 0 aliphatic rings. The molecule has 0 atom stereocenters. The lowest BCUT2D eigenvalue weighted by Crippen LogP contribution is -2.11. The predicted octanol–water partition coefficient (Wildman–Crippen LogP) is 4.98. The van der Waals surface area contributed by atoms with E-state index in [-0.39, 0.29) is 5.91 Å². The maximum absolute atomic E-state index is 12.3. The summed E-state index contributed by atoms with van der Waals surface area (Å²) in [6.45, 7) is 2.01.